The van der Waals surface area contributed by atoms with Crippen molar-refractivity contribution >= 4 is 5.91 Å². The van der Waals surface area contributed by atoms with Crippen molar-refractivity contribution in [2.24, 2.45) is 0 Å². The first-order valence-corrected chi connectivity index (χ1v) is 8.77. The fourth-order valence-corrected chi connectivity index (χ4v) is 3.84. The average Bonchev–Trinajstić information content (AvgIpc) is 3.35. The molecule has 2 aliphatic heterocycles. The zero-order valence-electron chi connectivity index (χ0n) is 14.2. The molecule has 0 spiro atoms. The van der Waals surface area contributed by atoms with Gasteiger partial charge in [0.1, 0.15) is 6.33 Å². The van der Waals surface area contributed by atoms with Crippen LogP contribution in [0.1, 0.15) is 22.6 Å². The number of hydrogen-bond acceptors (Lipinski definition) is 5. The van der Waals surface area contributed by atoms with E-state index in [1.54, 1.807) is 0 Å². The summed E-state index contributed by atoms with van der Waals surface area (Å²) >= 11 is 0. The summed E-state index contributed by atoms with van der Waals surface area (Å²) in [6.45, 7) is 5.73. The molecule has 2 aliphatic rings. The molecular weight excluding hydrogens is 318 g/mol. The van der Waals surface area contributed by atoms with Gasteiger partial charge in [0.2, 0.25) is 5.82 Å². The molecule has 25 heavy (non-hydrogen) atoms. The summed E-state index contributed by atoms with van der Waals surface area (Å²) < 4.78 is 5.75. The standard InChI is InChI=1S/C18H23N5O2/c24-17(16-19-14-20-21-16)23-9-7-22(8-10-23)12-18(6-11-25-13-18)15-4-2-1-3-5-15/h1-5,14H,6-13H2,(H,19,20,21). The van der Waals surface area contributed by atoms with Gasteiger partial charge in [0.15, 0.2) is 0 Å². The molecule has 3 heterocycles. The van der Waals surface area contributed by atoms with Crippen molar-refractivity contribution < 1.29 is 9.53 Å². The molecule has 2 fully saturated rings. The second kappa shape index (κ2) is 6.93. The Kier molecular flexibility index (Phi) is 4.50. The van der Waals surface area contributed by atoms with Gasteiger partial charge >= 0.3 is 0 Å². The van der Waals surface area contributed by atoms with Crippen LogP contribution in [0.25, 0.3) is 0 Å². The number of aromatic amines is 1. The zero-order chi connectivity index (χ0) is 17.1. The molecule has 0 aliphatic carbocycles. The van der Waals surface area contributed by atoms with Gasteiger partial charge in [0.25, 0.3) is 5.91 Å². The van der Waals surface area contributed by atoms with Gasteiger partial charge in [0.05, 0.1) is 6.61 Å². The molecule has 7 heteroatoms. The smallest absolute Gasteiger partial charge is 0.291 e. The number of rotatable bonds is 4. The van der Waals surface area contributed by atoms with Crippen LogP contribution in [0.3, 0.4) is 0 Å². The van der Waals surface area contributed by atoms with Crippen LogP contribution in [0.5, 0.6) is 0 Å². The number of carbonyl (C=O) groups is 1. The summed E-state index contributed by atoms with van der Waals surface area (Å²) in [5.74, 6) is 0.248. The lowest BCUT2D eigenvalue weighted by Gasteiger charge is -2.39. The monoisotopic (exact) mass is 341 g/mol. The summed E-state index contributed by atoms with van der Waals surface area (Å²) in [5, 5.41) is 6.41. The van der Waals surface area contributed by atoms with Crippen molar-refractivity contribution in [2.45, 2.75) is 11.8 Å². The van der Waals surface area contributed by atoms with E-state index in [-0.39, 0.29) is 11.3 Å². The van der Waals surface area contributed by atoms with Crippen LogP contribution in [-0.4, -0.2) is 76.8 Å². The number of piperazine rings is 1. The minimum Gasteiger partial charge on any atom is -0.380 e. The van der Waals surface area contributed by atoms with Gasteiger partial charge < -0.3 is 9.64 Å². The number of benzene rings is 1. The highest BCUT2D eigenvalue weighted by atomic mass is 16.5. The molecule has 1 amide bonds. The van der Waals surface area contributed by atoms with Crippen molar-refractivity contribution in [2.75, 3.05) is 45.9 Å². The molecule has 1 unspecified atom stereocenters. The van der Waals surface area contributed by atoms with Crippen LogP contribution < -0.4 is 0 Å². The van der Waals surface area contributed by atoms with E-state index in [1.165, 1.54) is 11.9 Å². The van der Waals surface area contributed by atoms with E-state index in [9.17, 15) is 4.79 Å². The molecule has 0 bridgehead atoms. The van der Waals surface area contributed by atoms with E-state index >= 15 is 0 Å². The molecule has 132 valence electrons. The lowest BCUT2D eigenvalue weighted by Crippen LogP contribution is -2.52. The zero-order valence-corrected chi connectivity index (χ0v) is 14.2. The van der Waals surface area contributed by atoms with Gasteiger partial charge in [0, 0.05) is 44.7 Å². The largest absolute Gasteiger partial charge is 0.380 e. The molecule has 2 aromatic rings. The van der Waals surface area contributed by atoms with Crippen molar-refractivity contribution in [1.82, 2.24) is 25.0 Å². The molecule has 1 aromatic heterocycles. The van der Waals surface area contributed by atoms with E-state index in [2.05, 4.69) is 50.4 Å². The summed E-state index contributed by atoms with van der Waals surface area (Å²) in [6, 6.07) is 10.7. The Morgan fingerprint density at radius 2 is 2.00 bits per heavy atom. The average molecular weight is 341 g/mol. The number of aromatic nitrogens is 3. The second-order valence-electron chi connectivity index (χ2n) is 6.85. The maximum Gasteiger partial charge on any atom is 0.291 e. The minimum atomic E-state index is -0.0703. The van der Waals surface area contributed by atoms with Gasteiger partial charge in [-0.1, -0.05) is 30.3 Å². The number of nitrogens with zero attached hydrogens (tertiary/aromatic N) is 4. The summed E-state index contributed by atoms with van der Waals surface area (Å²) in [6.07, 6.45) is 2.42. The van der Waals surface area contributed by atoms with Gasteiger partial charge in [-0.2, -0.15) is 5.10 Å². The molecule has 0 saturated carbocycles. The third-order valence-corrected chi connectivity index (χ3v) is 5.29. The number of H-pyrrole nitrogens is 1. The number of carbonyl (C=O) groups excluding carboxylic acids is 1. The van der Waals surface area contributed by atoms with Gasteiger partial charge in [-0.3, -0.25) is 14.8 Å². The molecule has 1 N–H and O–H groups in total. The fraction of sp³-hybridized carbons (Fsp3) is 0.500. The van der Waals surface area contributed by atoms with Gasteiger partial charge in [-0.05, 0) is 12.0 Å². The number of nitrogens with one attached hydrogen (secondary N) is 1. The van der Waals surface area contributed by atoms with Crippen LogP contribution >= 0.6 is 0 Å². The van der Waals surface area contributed by atoms with Crippen LogP contribution in [0.2, 0.25) is 0 Å². The highest BCUT2D eigenvalue weighted by Gasteiger charge is 2.39. The Labute approximate surface area is 147 Å². The Balaban J connectivity index is 1.40. The molecule has 1 atom stereocenters. The number of hydrogen-bond donors (Lipinski definition) is 1. The van der Waals surface area contributed by atoms with Crippen molar-refractivity contribution in [3.8, 4) is 0 Å². The predicted octanol–water partition coefficient (Wildman–Crippen LogP) is 0.921. The minimum absolute atomic E-state index is 0.0678. The van der Waals surface area contributed by atoms with E-state index in [0.717, 1.165) is 39.3 Å². The molecule has 7 nitrogen and oxygen atoms in total. The molecule has 1 aromatic carbocycles. The quantitative estimate of drug-likeness (QED) is 0.895. The van der Waals surface area contributed by atoms with Crippen molar-refractivity contribution in [1.29, 1.82) is 0 Å². The maximum atomic E-state index is 12.4. The van der Waals surface area contributed by atoms with E-state index in [0.29, 0.717) is 18.9 Å². The first kappa shape index (κ1) is 16.2. The van der Waals surface area contributed by atoms with Crippen LogP contribution in [-0.2, 0) is 10.2 Å². The first-order valence-electron chi connectivity index (χ1n) is 8.77. The second-order valence-corrected chi connectivity index (χ2v) is 6.85. The highest BCUT2D eigenvalue weighted by Crippen LogP contribution is 2.34. The van der Waals surface area contributed by atoms with Crippen molar-refractivity contribution in [3.05, 3.63) is 48.0 Å². The fourth-order valence-electron chi connectivity index (χ4n) is 3.84. The lowest BCUT2D eigenvalue weighted by molar-refractivity contribution is 0.0582. The Morgan fingerprint density at radius 3 is 2.64 bits per heavy atom. The van der Waals surface area contributed by atoms with Crippen LogP contribution in [0.4, 0.5) is 0 Å². The molecule has 0 radical (unpaired) electrons. The number of ether oxygens (including phenoxy) is 1. The summed E-state index contributed by atoms with van der Waals surface area (Å²) in [7, 11) is 0. The topological polar surface area (TPSA) is 74.4 Å². The predicted molar refractivity (Wildman–Crippen MR) is 92.3 cm³/mol. The third kappa shape index (κ3) is 3.29. The Bertz CT molecular complexity index is 690. The lowest BCUT2D eigenvalue weighted by atomic mass is 9.79. The maximum absolute atomic E-state index is 12.4. The SMILES string of the molecule is O=C(c1ncn[nH]1)N1CCN(CC2(c3ccccc3)CCOC2)CC1. The molecule has 2 saturated heterocycles. The van der Waals surface area contributed by atoms with E-state index < -0.39 is 0 Å². The molecule has 4 rings (SSSR count). The Hall–Kier alpha value is -2.25. The molecular formula is C18H23N5O2. The first-order chi connectivity index (χ1) is 12.3. The van der Waals surface area contributed by atoms with Gasteiger partial charge in [-0.25, -0.2) is 4.98 Å². The summed E-state index contributed by atoms with van der Waals surface area (Å²) in [5.41, 5.74) is 1.42. The number of amides is 1. The highest BCUT2D eigenvalue weighted by molar-refractivity contribution is 5.90. The normalized spacial score (nSPS) is 24.6. The third-order valence-electron chi connectivity index (χ3n) is 5.29. The van der Waals surface area contributed by atoms with Crippen LogP contribution in [0.15, 0.2) is 36.7 Å². The van der Waals surface area contributed by atoms with Crippen LogP contribution in [0, 0.1) is 0 Å². The van der Waals surface area contributed by atoms with Gasteiger partial charge in [-0.15, -0.1) is 0 Å². The summed E-state index contributed by atoms with van der Waals surface area (Å²) in [4.78, 5) is 20.6. The van der Waals surface area contributed by atoms with E-state index in [4.69, 9.17) is 4.74 Å². The van der Waals surface area contributed by atoms with Crippen molar-refractivity contribution in [3.63, 3.8) is 0 Å². The Morgan fingerprint density at radius 1 is 1.20 bits per heavy atom. The van der Waals surface area contributed by atoms with E-state index in [1.807, 2.05) is 4.90 Å².